The van der Waals surface area contributed by atoms with Gasteiger partial charge in [0.1, 0.15) is 11.2 Å². The van der Waals surface area contributed by atoms with Gasteiger partial charge in [0.25, 0.3) is 0 Å². The minimum absolute atomic E-state index is 0.909. The Bertz CT molecular complexity index is 3300. The smallest absolute Gasteiger partial charge is 0.143 e. The van der Waals surface area contributed by atoms with E-state index in [-0.39, 0.29) is 0 Å². The summed E-state index contributed by atoms with van der Waals surface area (Å²) in [4.78, 5) is 0. The Morgan fingerprint density at radius 3 is 1.23 bits per heavy atom. The molecule has 0 bridgehead atoms. The number of rotatable bonds is 5. The molecule has 0 aliphatic rings. The Kier molecular flexibility index (Phi) is 6.93. The zero-order valence-corrected chi connectivity index (χ0v) is 30.9. The third kappa shape index (κ3) is 4.92. The van der Waals surface area contributed by atoms with Crippen molar-refractivity contribution in [2.75, 3.05) is 0 Å². The number of aromatic nitrogens is 2. The maximum absolute atomic E-state index is 6.45. The van der Waals surface area contributed by atoms with Crippen molar-refractivity contribution in [3.63, 3.8) is 0 Å². The molecular formula is C54H34N2O. The minimum atomic E-state index is 0.909. The van der Waals surface area contributed by atoms with E-state index in [2.05, 4.69) is 203 Å². The molecular weight excluding hydrogens is 693 g/mol. The van der Waals surface area contributed by atoms with E-state index in [4.69, 9.17) is 4.42 Å². The summed E-state index contributed by atoms with van der Waals surface area (Å²) < 4.78 is 11.3. The van der Waals surface area contributed by atoms with E-state index in [0.29, 0.717) is 0 Å². The van der Waals surface area contributed by atoms with Crippen LogP contribution in [0.1, 0.15) is 0 Å². The third-order valence-electron chi connectivity index (χ3n) is 11.7. The summed E-state index contributed by atoms with van der Waals surface area (Å²) in [6, 6.07) is 74.6. The van der Waals surface area contributed by atoms with Crippen LogP contribution in [0.5, 0.6) is 0 Å². The highest BCUT2D eigenvalue weighted by Gasteiger charge is 2.18. The van der Waals surface area contributed by atoms with Crippen molar-refractivity contribution >= 4 is 65.6 Å². The number of nitrogens with zero attached hydrogens (tertiary/aromatic N) is 2. The highest BCUT2D eigenvalue weighted by Crippen LogP contribution is 2.40. The molecule has 0 radical (unpaired) electrons. The van der Waals surface area contributed by atoms with Gasteiger partial charge in [0, 0.05) is 49.3 Å². The van der Waals surface area contributed by atoms with Crippen LogP contribution in [0.3, 0.4) is 0 Å². The molecule has 0 N–H and O–H groups in total. The predicted molar refractivity (Wildman–Crippen MR) is 239 cm³/mol. The van der Waals surface area contributed by atoms with Crippen molar-refractivity contribution < 1.29 is 4.42 Å². The SMILES string of the molecule is c1cc(-c2cccc(-c3cccc4c3oc3ccccc34)c2)cc(-c2cc(-n3c4ccccc4c4ccccc43)cc(-n3c4ccccc4c4ccccc43)c2)c1. The molecule has 3 nitrogen and oxygen atoms in total. The molecule has 0 saturated heterocycles. The molecule has 0 aliphatic carbocycles. The van der Waals surface area contributed by atoms with Crippen molar-refractivity contribution in [2.45, 2.75) is 0 Å². The molecule has 266 valence electrons. The first-order chi connectivity index (χ1) is 28.3. The van der Waals surface area contributed by atoms with Crippen molar-refractivity contribution in [1.29, 1.82) is 0 Å². The molecule has 0 aliphatic heterocycles. The molecule has 12 rings (SSSR count). The molecule has 3 heterocycles. The lowest BCUT2D eigenvalue weighted by Gasteiger charge is -2.16. The molecule has 0 fully saturated rings. The van der Waals surface area contributed by atoms with Gasteiger partial charge in [0.2, 0.25) is 0 Å². The quantitative estimate of drug-likeness (QED) is 0.173. The van der Waals surface area contributed by atoms with Gasteiger partial charge in [-0.25, -0.2) is 0 Å². The van der Waals surface area contributed by atoms with Crippen molar-refractivity contribution in [1.82, 2.24) is 9.13 Å². The topological polar surface area (TPSA) is 23.0 Å². The Morgan fingerprint density at radius 2 is 0.684 bits per heavy atom. The van der Waals surface area contributed by atoms with Crippen molar-refractivity contribution in [2.24, 2.45) is 0 Å². The zero-order valence-electron chi connectivity index (χ0n) is 30.9. The minimum Gasteiger partial charge on any atom is -0.455 e. The lowest BCUT2D eigenvalue weighted by Crippen LogP contribution is -2.00. The maximum Gasteiger partial charge on any atom is 0.143 e. The third-order valence-corrected chi connectivity index (χ3v) is 11.7. The number of furan rings is 1. The second kappa shape index (κ2) is 12.5. The van der Waals surface area contributed by atoms with Crippen LogP contribution in [-0.4, -0.2) is 9.13 Å². The standard InChI is InChI=1S/C54H34N2O/c1-6-25-49-43(18-1)44-19-2-7-26-50(44)55(49)40-32-39(33-41(34-40)56-51-27-8-3-20-45(51)46-21-4-9-28-52(46)56)37-16-11-14-35(30-37)36-15-12-17-38(31-36)42-23-13-24-48-47-22-5-10-29-53(47)57-54(42)48/h1-34H. The average molecular weight is 727 g/mol. The second-order valence-electron chi connectivity index (χ2n) is 14.9. The monoisotopic (exact) mass is 726 g/mol. The molecule has 0 spiro atoms. The average Bonchev–Trinajstić information content (AvgIpc) is 3.94. The molecule has 57 heavy (non-hydrogen) atoms. The number of hydrogen-bond acceptors (Lipinski definition) is 1. The number of hydrogen-bond donors (Lipinski definition) is 0. The van der Waals surface area contributed by atoms with Gasteiger partial charge in [-0.15, -0.1) is 0 Å². The van der Waals surface area contributed by atoms with E-state index in [1.165, 1.54) is 43.6 Å². The first kappa shape index (κ1) is 31.7. The Balaban J connectivity index is 1.06. The van der Waals surface area contributed by atoms with E-state index in [9.17, 15) is 0 Å². The van der Waals surface area contributed by atoms with Crippen LogP contribution < -0.4 is 0 Å². The Hall–Kier alpha value is -7.62. The fraction of sp³-hybridized carbons (Fsp3) is 0. The summed E-state index contributed by atoms with van der Waals surface area (Å²) in [7, 11) is 0. The zero-order chi connectivity index (χ0) is 37.5. The van der Waals surface area contributed by atoms with E-state index >= 15 is 0 Å². The summed E-state index contributed by atoms with van der Waals surface area (Å²) in [6.45, 7) is 0. The number of fused-ring (bicyclic) bond motifs is 9. The first-order valence-corrected chi connectivity index (χ1v) is 19.5. The lowest BCUT2D eigenvalue weighted by molar-refractivity contribution is 0.670. The molecule has 0 amide bonds. The largest absolute Gasteiger partial charge is 0.455 e. The van der Waals surface area contributed by atoms with Crippen LogP contribution in [0.4, 0.5) is 0 Å². The summed E-state index contributed by atoms with van der Waals surface area (Å²) in [5, 5.41) is 7.27. The van der Waals surface area contributed by atoms with Gasteiger partial charge in [-0.05, 0) is 88.5 Å². The number of benzene rings is 9. The van der Waals surface area contributed by atoms with Gasteiger partial charge in [0.05, 0.1) is 22.1 Å². The fourth-order valence-electron chi connectivity index (χ4n) is 9.14. The highest BCUT2D eigenvalue weighted by atomic mass is 16.3. The van der Waals surface area contributed by atoms with E-state index in [1.807, 2.05) is 12.1 Å². The van der Waals surface area contributed by atoms with Crippen molar-refractivity contribution in [3.8, 4) is 44.8 Å². The van der Waals surface area contributed by atoms with Crippen LogP contribution in [0, 0.1) is 0 Å². The highest BCUT2D eigenvalue weighted by molar-refractivity contribution is 6.11. The van der Waals surface area contributed by atoms with Gasteiger partial charge in [-0.3, -0.25) is 0 Å². The first-order valence-electron chi connectivity index (χ1n) is 19.5. The molecule has 3 heteroatoms. The van der Waals surface area contributed by atoms with Crippen LogP contribution >= 0.6 is 0 Å². The van der Waals surface area contributed by atoms with Gasteiger partial charge in [0.15, 0.2) is 0 Å². The fourth-order valence-corrected chi connectivity index (χ4v) is 9.14. The Labute approximate surface area is 328 Å². The van der Waals surface area contributed by atoms with Crippen molar-refractivity contribution in [3.05, 3.63) is 206 Å². The predicted octanol–water partition coefficient (Wildman–Crippen LogP) is 14.8. The molecule has 3 aromatic heterocycles. The van der Waals surface area contributed by atoms with Crippen LogP contribution in [-0.2, 0) is 0 Å². The summed E-state index contributed by atoms with van der Waals surface area (Å²) in [6.07, 6.45) is 0. The van der Waals surface area contributed by atoms with E-state index in [1.54, 1.807) is 0 Å². The van der Waals surface area contributed by atoms with Crippen LogP contribution in [0.2, 0.25) is 0 Å². The lowest BCUT2D eigenvalue weighted by atomic mass is 9.95. The summed E-state index contributed by atoms with van der Waals surface area (Å²) >= 11 is 0. The second-order valence-corrected chi connectivity index (χ2v) is 14.9. The van der Waals surface area contributed by atoms with Gasteiger partial charge >= 0.3 is 0 Å². The van der Waals surface area contributed by atoms with E-state index in [0.717, 1.165) is 66.7 Å². The molecule has 12 aromatic rings. The molecule has 0 unspecified atom stereocenters. The normalized spacial score (nSPS) is 11.9. The number of para-hydroxylation sites is 6. The van der Waals surface area contributed by atoms with Gasteiger partial charge in [-0.1, -0.05) is 146 Å². The van der Waals surface area contributed by atoms with Gasteiger partial charge < -0.3 is 13.6 Å². The summed E-state index contributed by atoms with van der Waals surface area (Å²) in [5.41, 5.74) is 15.7. The van der Waals surface area contributed by atoms with Gasteiger partial charge in [-0.2, -0.15) is 0 Å². The molecule has 9 aromatic carbocycles. The maximum atomic E-state index is 6.45. The molecule has 0 atom stereocenters. The summed E-state index contributed by atoms with van der Waals surface area (Å²) in [5.74, 6) is 0. The van der Waals surface area contributed by atoms with Crippen LogP contribution in [0.25, 0.3) is 110 Å². The molecule has 0 saturated carbocycles. The Morgan fingerprint density at radius 1 is 0.281 bits per heavy atom. The van der Waals surface area contributed by atoms with Crippen LogP contribution in [0.15, 0.2) is 211 Å². The van der Waals surface area contributed by atoms with E-state index < -0.39 is 0 Å².